The summed E-state index contributed by atoms with van der Waals surface area (Å²) >= 11 is 3.37. The molecule has 0 unspecified atom stereocenters. The molecule has 1 aromatic carbocycles. The zero-order chi connectivity index (χ0) is 15.5. The van der Waals surface area contributed by atoms with E-state index < -0.39 is 5.97 Å². The van der Waals surface area contributed by atoms with Crippen LogP contribution in [0.25, 0.3) is 11.3 Å². The minimum Gasteiger partial charge on any atom is -0.454 e. The first-order valence-electron chi connectivity index (χ1n) is 6.52. The summed E-state index contributed by atoms with van der Waals surface area (Å²) < 4.78 is 11.0. The predicted molar refractivity (Wildman–Crippen MR) is 82.1 cm³/mol. The highest BCUT2D eigenvalue weighted by atomic mass is 79.9. The lowest BCUT2D eigenvalue weighted by molar-refractivity contribution is 0.0457. The number of nitrogens with zero attached hydrogens (tertiary/aromatic N) is 2. The second kappa shape index (κ2) is 6.15. The van der Waals surface area contributed by atoms with Crippen LogP contribution in [0.4, 0.5) is 0 Å². The first-order chi connectivity index (χ1) is 10.6. The van der Waals surface area contributed by atoms with Crippen LogP contribution in [0.5, 0.6) is 0 Å². The molecule has 0 aliphatic heterocycles. The molecule has 22 heavy (non-hydrogen) atoms. The number of hydrogen-bond acceptors (Lipinski definition) is 5. The number of carbonyl (C=O) groups excluding carboxylic acids is 1. The highest BCUT2D eigenvalue weighted by Gasteiger charge is 2.13. The largest absolute Gasteiger partial charge is 0.454 e. The van der Waals surface area contributed by atoms with Gasteiger partial charge >= 0.3 is 5.97 Å². The molecule has 2 aromatic heterocycles. The van der Waals surface area contributed by atoms with Crippen LogP contribution in [-0.4, -0.2) is 21.3 Å². The molecule has 1 N–H and O–H groups in total. The Labute approximate surface area is 134 Å². The summed E-state index contributed by atoms with van der Waals surface area (Å²) in [7, 11) is 0. The van der Waals surface area contributed by atoms with Gasteiger partial charge in [-0.25, -0.2) is 4.79 Å². The Bertz CT molecular complexity index is 792. The molecule has 3 rings (SSSR count). The average molecular weight is 362 g/mol. The van der Waals surface area contributed by atoms with Crippen molar-refractivity contribution in [2.24, 2.45) is 0 Å². The number of aromatic nitrogens is 3. The average Bonchev–Trinajstić information content (AvgIpc) is 3.15. The van der Waals surface area contributed by atoms with Gasteiger partial charge in [0.05, 0.1) is 5.69 Å². The van der Waals surface area contributed by atoms with Gasteiger partial charge in [-0.2, -0.15) is 5.10 Å². The molecule has 0 spiro atoms. The number of aryl methyl sites for hydroxylation is 1. The molecule has 0 amide bonds. The summed E-state index contributed by atoms with van der Waals surface area (Å²) in [6.07, 6.45) is 0. The molecule has 0 bridgehead atoms. The van der Waals surface area contributed by atoms with Crippen LogP contribution in [0.1, 0.15) is 21.9 Å². The first kappa shape index (κ1) is 14.5. The van der Waals surface area contributed by atoms with E-state index in [1.807, 2.05) is 24.3 Å². The highest BCUT2D eigenvalue weighted by Crippen LogP contribution is 2.20. The van der Waals surface area contributed by atoms with E-state index in [1.54, 1.807) is 19.1 Å². The van der Waals surface area contributed by atoms with Crippen LogP contribution in [0, 0.1) is 6.92 Å². The van der Waals surface area contributed by atoms with Crippen LogP contribution in [-0.2, 0) is 11.3 Å². The molecule has 2 heterocycles. The van der Waals surface area contributed by atoms with Crippen LogP contribution in [0.15, 0.2) is 45.4 Å². The minimum atomic E-state index is -0.489. The van der Waals surface area contributed by atoms with Crippen LogP contribution >= 0.6 is 15.9 Å². The van der Waals surface area contributed by atoms with Crippen molar-refractivity contribution in [1.82, 2.24) is 15.4 Å². The van der Waals surface area contributed by atoms with Crippen LogP contribution < -0.4 is 0 Å². The molecule has 6 nitrogen and oxygen atoms in total. The van der Waals surface area contributed by atoms with E-state index in [0.29, 0.717) is 17.1 Å². The smallest absolute Gasteiger partial charge is 0.356 e. The van der Waals surface area contributed by atoms with Crippen molar-refractivity contribution >= 4 is 21.9 Å². The SMILES string of the molecule is Cc1cc(COC(=O)c2cc(-c3ccc(Br)cc3)n[nH]2)no1. The number of ether oxygens (including phenoxy) is 1. The second-order valence-corrected chi connectivity index (χ2v) is 5.59. The van der Waals surface area contributed by atoms with Crippen LogP contribution in [0.3, 0.4) is 0 Å². The maximum Gasteiger partial charge on any atom is 0.356 e. The number of esters is 1. The summed E-state index contributed by atoms with van der Waals surface area (Å²) in [5.41, 5.74) is 2.44. The third-order valence-corrected chi connectivity index (χ3v) is 3.49. The number of nitrogens with one attached hydrogen (secondary N) is 1. The number of benzene rings is 1. The van der Waals surface area contributed by atoms with Crippen molar-refractivity contribution in [2.45, 2.75) is 13.5 Å². The number of hydrogen-bond donors (Lipinski definition) is 1. The van der Waals surface area contributed by atoms with E-state index in [4.69, 9.17) is 9.26 Å². The molecule has 7 heteroatoms. The molecule has 0 radical (unpaired) electrons. The maximum absolute atomic E-state index is 12.0. The Morgan fingerprint density at radius 2 is 2.09 bits per heavy atom. The summed E-state index contributed by atoms with van der Waals surface area (Å²) in [5, 5.41) is 10.6. The third kappa shape index (κ3) is 3.25. The van der Waals surface area contributed by atoms with E-state index in [-0.39, 0.29) is 12.3 Å². The topological polar surface area (TPSA) is 81.0 Å². The zero-order valence-corrected chi connectivity index (χ0v) is 13.3. The van der Waals surface area contributed by atoms with E-state index in [1.165, 1.54) is 0 Å². The number of carbonyl (C=O) groups is 1. The molecule has 0 aliphatic rings. The Hall–Kier alpha value is -2.41. The molecule has 0 atom stereocenters. The van der Waals surface area contributed by atoms with E-state index in [9.17, 15) is 4.79 Å². The Morgan fingerprint density at radius 3 is 2.77 bits per heavy atom. The summed E-state index contributed by atoms with van der Waals surface area (Å²) in [6, 6.07) is 11.0. The van der Waals surface area contributed by atoms with Crippen molar-refractivity contribution in [3.8, 4) is 11.3 Å². The summed E-state index contributed by atoms with van der Waals surface area (Å²) in [4.78, 5) is 12.0. The van der Waals surface area contributed by atoms with Gasteiger partial charge in [-0.3, -0.25) is 5.10 Å². The molecule has 0 saturated heterocycles. The summed E-state index contributed by atoms with van der Waals surface area (Å²) in [5.74, 6) is 0.182. The molecule has 0 aliphatic carbocycles. The number of rotatable bonds is 4. The first-order valence-corrected chi connectivity index (χ1v) is 7.32. The fourth-order valence-corrected chi connectivity index (χ4v) is 2.16. The van der Waals surface area contributed by atoms with Crippen molar-refractivity contribution in [1.29, 1.82) is 0 Å². The second-order valence-electron chi connectivity index (χ2n) is 4.68. The standard InChI is InChI=1S/C15H12BrN3O3/c1-9-6-12(19-22-9)8-21-15(20)14-7-13(17-18-14)10-2-4-11(16)5-3-10/h2-7H,8H2,1H3,(H,17,18). The number of halogens is 1. The minimum absolute atomic E-state index is 0.0583. The van der Waals surface area contributed by atoms with Crippen LogP contribution in [0.2, 0.25) is 0 Å². The highest BCUT2D eigenvalue weighted by molar-refractivity contribution is 9.10. The Morgan fingerprint density at radius 1 is 1.32 bits per heavy atom. The summed E-state index contributed by atoms with van der Waals surface area (Å²) in [6.45, 7) is 1.83. The van der Waals surface area contributed by atoms with Gasteiger partial charge in [0.15, 0.2) is 0 Å². The normalized spacial score (nSPS) is 10.6. The number of H-pyrrole nitrogens is 1. The van der Waals surface area contributed by atoms with Crippen molar-refractivity contribution in [3.63, 3.8) is 0 Å². The quantitative estimate of drug-likeness (QED) is 0.719. The Balaban J connectivity index is 1.67. The molecular formula is C15H12BrN3O3. The third-order valence-electron chi connectivity index (χ3n) is 2.97. The zero-order valence-electron chi connectivity index (χ0n) is 11.7. The lowest BCUT2D eigenvalue weighted by atomic mass is 10.1. The predicted octanol–water partition coefficient (Wildman–Crippen LogP) is 3.49. The van der Waals surface area contributed by atoms with Gasteiger partial charge in [0, 0.05) is 16.1 Å². The molecule has 0 fully saturated rings. The van der Waals surface area contributed by atoms with Crippen molar-refractivity contribution in [2.75, 3.05) is 0 Å². The number of aromatic amines is 1. The lowest BCUT2D eigenvalue weighted by Gasteiger charge is -1.99. The van der Waals surface area contributed by atoms with Gasteiger partial charge in [-0.1, -0.05) is 33.2 Å². The van der Waals surface area contributed by atoms with Gasteiger partial charge in [0.25, 0.3) is 0 Å². The van der Waals surface area contributed by atoms with E-state index >= 15 is 0 Å². The maximum atomic E-state index is 12.0. The molecular weight excluding hydrogens is 350 g/mol. The lowest BCUT2D eigenvalue weighted by Crippen LogP contribution is -2.05. The van der Waals surface area contributed by atoms with E-state index in [2.05, 4.69) is 31.3 Å². The monoisotopic (exact) mass is 361 g/mol. The van der Waals surface area contributed by atoms with E-state index in [0.717, 1.165) is 10.0 Å². The van der Waals surface area contributed by atoms with Crippen molar-refractivity contribution in [3.05, 3.63) is 58.0 Å². The fourth-order valence-electron chi connectivity index (χ4n) is 1.90. The van der Waals surface area contributed by atoms with Gasteiger partial charge in [-0.05, 0) is 25.1 Å². The van der Waals surface area contributed by atoms with Gasteiger partial charge < -0.3 is 9.26 Å². The Kier molecular flexibility index (Phi) is 4.06. The van der Waals surface area contributed by atoms with Crippen molar-refractivity contribution < 1.29 is 14.1 Å². The fraction of sp³-hybridized carbons (Fsp3) is 0.133. The molecule has 0 saturated carbocycles. The van der Waals surface area contributed by atoms with Gasteiger partial charge in [0.2, 0.25) is 0 Å². The van der Waals surface area contributed by atoms with Gasteiger partial charge in [0.1, 0.15) is 23.8 Å². The molecule has 112 valence electrons. The molecule has 3 aromatic rings. The van der Waals surface area contributed by atoms with Gasteiger partial charge in [-0.15, -0.1) is 0 Å².